The largest absolute Gasteiger partial charge is 0.477 e. The summed E-state index contributed by atoms with van der Waals surface area (Å²) in [6.45, 7) is 2.63. The third-order valence-electron chi connectivity index (χ3n) is 3.90. The number of aromatic nitrogens is 2. The van der Waals surface area contributed by atoms with E-state index in [9.17, 15) is 24.3 Å². The second-order valence-corrected chi connectivity index (χ2v) is 7.01. The van der Waals surface area contributed by atoms with Crippen LogP contribution in [0.2, 0.25) is 0 Å². The van der Waals surface area contributed by atoms with Gasteiger partial charge < -0.3 is 19.7 Å². The Hall–Kier alpha value is -2.89. The number of hydrogen-bond donors (Lipinski definition) is 2. The molecule has 27 heavy (non-hydrogen) atoms. The minimum Gasteiger partial charge on any atom is -0.477 e. The number of carboxylic acids is 1. The quantitative estimate of drug-likeness (QED) is 0.463. The summed E-state index contributed by atoms with van der Waals surface area (Å²) in [6, 6.07) is -0.851. The molecule has 3 rings (SSSR count). The van der Waals surface area contributed by atoms with Crippen molar-refractivity contribution in [2.24, 2.45) is 0 Å². The summed E-state index contributed by atoms with van der Waals surface area (Å²) in [5, 5.41) is 15.1. The van der Waals surface area contributed by atoms with Crippen molar-refractivity contribution in [2.75, 3.05) is 12.4 Å². The van der Waals surface area contributed by atoms with Crippen molar-refractivity contribution >= 4 is 35.5 Å². The number of carbonyl (C=O) groups excluding carboxylic acids is 3. The van der Waals surface area contributed by atoms with Crippen LogP contribution in [0.5, 0.6) is 0 Å². The van der Waals surface area contributed by atoms with E-state index >= 15 is 0 Å². The van der Waals surface area contributed by atoms with Crippen LogP contribution in [0.3, 0.4) is 0 Å². The molecule has 2 aliphatic heterocycles. The fraction of sp³-hybridized carbons (Fsp3) is 0.467. The number of ether oxygens (including phenoxy) is 1. The van der Waals surface area contributed by atoms with Crippen LogP contribution >= 0.6 is 11.8 Å². The van der Waals surface area contributed by atoms with E-state index in [4.69, 9.17) is 9.26 Å². The zero-order valence-corrected chi connectivity index (χ0v) is 15.2. The fourth-order valence-corrected chi connectivity index (χ4v) is 4.08. The molecule has 2 N–H and O–H groups in total. The molecule has 3 heterocycles. The number of carbonyl (C=O) groups is 4. The third-order valence-corrected chi connectivity index (χ3v) is 5.24. The first-order valence-electron chi connectivity index (χ1n) is 7.90. The molecule has 2 amide bonds. The topological polar surface area (TPSA) is 152 Å². The molecule has 2 atom stereocenters. The zero-order chi connectivity index (χ0) is 19.7. The Bertz CT molecular complexity index is 849. The Morgan fingerprint density at radius 1 is 1.44 bits per heavy atom. The van der Waals surface area contributed by atoms with Crippen molar-refractivity contribution in [1.82, 2.24) is 20.4 Å². The molecule has 1 saturated heterocycles. The van der Waals surface area contributed by atoms with Crippen LogP contribution in [0.4, 0.5) is 0 Å². The van der Waals surface area contributed by atoms with Crippen molar-refractivity contribution < 1.29 is 33.5 Å². The molecule has 0 bridgehead atoms. The highest BCUT2D eigenvalue weighted by atomic mass is 32.2. The number of esters is 1. The van der Waals surface area contributed by atoms with E-state index in [1.807, 2.05) is 0 Å². The standard InChI is InChI=1S/C15H16N4O7S/c1-6-16-10(26-18-6)3-9(21)17-11-13(22)19-12(15(23)24)8(4-25-7(2)20)5-27-14(11)19/h11,14H,3-5H2,1-2H3,(H,17,21)(H,23,24)/t11?,14-/m0/s1. The summed E-state index contributed by atoms with van der Waals surface area (Å²) >= 11 is 1.28. The van der Waals surface area contributed by atoms with Crippen molar-refractivity contribution in [3.8, 4) is 0 Å². The van der Waals surface area contributed by atoms with Crippen molar-refractivity contribution in [3.05, 3.63) is 23.0 Å². The van der Waals surface area contributed by atoms with Crippen LogP contribution in [0.1, 0.15) is 18.6 Å². The molecule has 0 saturated carbocycles. The highest BCUT2D eigenvalue weighted by Crippen LogP contribution is 2.40. The van der Waals surface area contributed by atoms with E-state index in [1.54, 1.807) is 6.92 Å². The van der Waals surface area contributed by atoms with Gasteiger partial charge >= 0.3 is 11.9 Å². The number of thioether (sulfide) groups is 1. The second kappa shape index (κ2) is 7.39. The number of nitrogens with zero attached hydrogens (tertiary/aromatic N) is 3. The van der Waals surface area contributed by atoms with Gasteiger partial charge in [0.2, 0.25) is 11.8 Å². The Morgan fingerprint density at radius 2 is 2.19 bits per heavy atom. The predicted octanol–water partition coefficient (Wildman–Crippen LogP) is -0.778. The van der Waals surface area contributed by atoms with Crippen LogP contribution in [0.15, 0.2) is 15.8 Å². The molecule has 11 nitrogen and oxygen atoms in total. The molecule has 1 aromatic heterocycles. The predicted molar refractivity (Wildman–Crippen MR) is 89.1 cm³/mol. The van der Waals surface area contributed by atoms with Gasteiger partial charge in [-0.3, -0.25) is 19.3 Å². The van der Waals surface area contributed by atoms with E-state index in [-0.39, 0.29) is 30.4 Å². The van der Waals surface area contributed by atoms with Gasteiger partial charge in [0.1, 0.15) is 30.1 Å². The van der Waals surface area contributed by atoms with Gasteiger partial charge in [-0.15, -0.1) is 11.8 Å². The maximum Gasteiger partial charge on any atom is 0.352 e. The molecule has 1 unspecified atom stereocenters. The Labute approximate surface area is 157 Å². The maximum absolute atomic E-state index is 12.4. The Balaban J connectivity index is 1.68. The Kier molecular flexibility index (Phi) is 5.17. The number of β-lactam (4-membered cyclic amide) rings is 1. The van der Waals surface area contributed by atoms with Gasteiger partial charge in [-0.2, -0.15) is 4.98 Å². The number of fused-ring (bicyclic) bond motifs is 1. The molecular formula is C15H16N4O7S. The molecule has 0 radical (unpaired) electrons. The minimum absolute atomic E-state index is 0.125. The summed E-state index contributed by atoms with van der Waals surface area (Å²) in [5.74, 6) is -2.08. The number of aryl methyl sites for hydroxylation is 1. The first-order valence-corrected chi connectivity index (χ1v) is 8.94. The number of hydrogen-bond acceptors (Lipinski definition) is 9. The van der Waals surface area contributed by atoms with E-state index in [2.05, 4.69) is 15.5 Å². The lowest BCUT2D eigenvalue weighted by atomic mass is 10.0. The summed E-state index contributed by atoms with van der Waals surface area (Å²) in [6.07, 6.45) is -0.179. The summed E-state index contributed by atoms with van der Waals surface area (Å²) in [7, 11) is 0. The molecular weight excluding hydrogens is 380 g/mol. The molecule has 12 heteroatoms. The normalized spacial score (nSPS) is 21.4. The summed E-state index contributed by atoms with van der Waals surface area (Å²) < 4.78 is 9.72. The fourth-order valence-electron chi connectivity index (χ4n) is 2.76. The average Bonchev–Trinajstić information content (AvgIpc) is 3.01. The van der Waals surface area contributed by atoms with E-state index in [0.717, 1.165) is 4.90 Å². The van der Waals surface area contributed by atoms with Gasteiger partial charge in [-0.1, -0.05) is 5.16 Å². The molecule has 0 aliphatic carbocycles. The second-order valence-electron chi connectivity index (χ2n) is 5.90. The van der Waals surface area contributed by atoms with Gasteiger partial charge in [0, 0.05) is 18.2 Å². The monoisotopic (exact) mass is 396 g/mol. The van der Waals surface area contributed by atoms with Crippen LogP contribution in [-0.4, -0.2) is 67.7 Å². The van der Waals surface area contributed by atoms with Gasteiger partial charge in [-0.25, -0.2) is 4.79 Å². The van der Waals surface area contributed by atoms with Crippen molar-refractivity contribution in [3.63, 3.8) is 0 Å². The van der Waals surface area contributed by atoms with E-state index in [0.29, 0.717) is 11.4 Å². The lowest BCUT2D eigenvalue weighted by Crippen LogP contribution is -2.70. The van der Waals surface area contributed by atoms with Crippen molar-refractivity contribution in [2.45, 2.75) is 31.7 Å². The number of nitrogens with one attached hydrogen (secondary N) is 1. The summed E-state index contributed by atoms with van der Waals surface area (Å²) in [5.41, 5.74) is 0.126. The van der Waals surface area contributed by atoms with Gasteiger partial charge in [-0.05, 0) is 6.92 Å². The molecule has 1 aromatic rings. The minimum atomic E-state index is -1.29. The third kappa shape index (κ3) is 3.79. The maximum atomic E-state index is 12.4. The molecule has 144 valence electrons. The van der Waals surface area contributed by atoms with Gasteiger partial charge in [0.05, 0.1) is 0 Å². The number of rotatable bonds is 6. The number of aliphatic carboxylic acids is 1. The first-order chi connectivity index (χ1) is 12.8. The first kappa shape index (κ1) is 18.9. The van der Waals surface area contributed by atoms with Crippen LogP contribution < -0.4 is 5.32 Å². The number of carboxylic acid groups (broad SMARTS) is 1. The van der Waals surface area contributed by atoms with Gasteiger partial charge in [0.25, 0.3) is 5.91 Å². The van der Waals surface area contributed by atoms with Crippen molar-refractivity contribution in [1.29, 1.82) is 0 Å². The lowest BCUT2D eigenvalue weighted by molar-refractivity contribution is -0.151. The molecule has 0 aromatic carbocycles. The van der Waals surface area contributed by atoms with Gasteiger partial charge in [0.15, 0.2) is 5.82 Å². The Morgan fingerprint density at radius 3 is 2.78 bits per heavy atom. The smallest absolute Gasteiger partial charge is 0.352 e. The zero-order valence-electron chi connectivity index (χ0n) is 14.4. The highest BCUT2D eigenvalue weighted by molar-refractivity contribution is 8.00. The SMILES string of the molecule is CC(=O)OCC1=C(C(=O)O)N2C(=O)C(NC(=O)Cc3nc(C)no3)[C@@H]2SC1. The summed E-state index contributed by atoms with van der Waals surface area (Å²) in [4.78, 5) is 52.1. The van der Waals surface area contributed by atoms with E-state index in [1.165, 1.54) is 18.7 Å². The van der Waals surface area contributed by atoms with Crippen LogP contribution in [0, 0.1) is 6.92 Å². The highest BCUT2D eigenvalue weighted by Gasteiger charge is 2.54. The van der Waals surface area contributed by atoms with E-state index < -0.39 is 35.2 Å². The molecule has 2 aliphatic rings. The molecule has 0 spiro atoms. The number of amides is 2. The van der Waals surface area contributed by atoms with Crippen LogP contribution in [-0.2, 0) is 30.3 Å². The lowest BCUT2D eigenvalue weighted by Gasteiger charge is -2.49. The van der Waals surface area contributed by atoms with Crippen LogP contribution in [0.25, 0.3) is 0 Å². The molecule has 1 fully saturated rings. The average molecular weight is 396 g/mol.